The van der Waals surface area contributed by atoms with Crippen LogP contribution in [-0.2, 0) is 27.2 Å². The summed E-state index contributed by atoms with van der Waals surface area (Å²) in [4.78, 5) is 38.5. The van der Waals surface area contributed by atoms with Crippen LogP contribution in [0.3, 0.4) is 0 Å². The normalized spacial score (nSPS) is 13.2. The molecule has 0 aliphatic carbocycles. The standard InChI is InChI=1S/C21H25N3O3S/c1-14(2)21(27)24-10-3-4-16-5-6-17(12-18(16)24)23-20(26)19(25)22-9-7-15-8-11-28-13-15/h5-6,8,11-14H,3-4,7,9-10H2,1-2H3,(H,22,25)(H,23,26). The van der Waals surface area contributed by atoms with Gasteiger partial charge in [-0.15, -0.1) is 0 Å². The zero-order chi connectivity index (χ0) is 20.1. The molecule has 0 atom stereocenters. The Balaban J connectivity index is 1.62. The van der Waals surface area contributed by atoms with Crippen molar-refractivity contribution in [3.63, 3.8) is 0 Å². The molecule has 1 aliphatic heterocycles. The van der Waals surface area contributed by atoms with Crippen LogP contribution in [0.15, 0.2) is 35.0 Å². The van der Waals surface area contributed by atoms with Crippen LogP contribution in [0.1, 0.15) is 31.4 Å². The number of benzene rings is 1. The Morgan fingerprint density at radius 3 is 2.71 bits per heavy atom. The summed E-state index contributed by atoms with van der Waals surface area (Å²) in [5.41, 5.74) is 3.55. The fourth-order valence-corrected chi connectivity index (χ4v) is 3.92. The molecule has 1 aromatic carbocycles. The number of nitrogens with one attached hydrogen (secondary N) is 2. The second kappa shape index (κ2) is 9.01. The van der Waals surface area contributed by atoms with Gasteiger partial charge in [0.15, 0.2) is 0 Å². The van der Waals surface area contributed by atoms with Crippen LogP contribution in [0.25, 0.3) is 0 Å². The Bertz CT molecular complexity index is 862. The molecule has 3 amide bonds. The molecule has 0 radical (unpaired) electrons. The van der Waals surface area contributed by atoms with Crippen molar-refractivity contribution in [2.75, 3.05) is 23.3 Å². The average Bonchev–Trinajstić information content (AvgIpc) is 3.20. The summed E-state index contributed by atoms with van der Waals surface area (Å²) >= 11 is 1.60. The first kappa shape index (κ1) is 20.1. The zero-order valence-corrected chi connectivity index (χ0v) is 17.0. The molecule has 2 aromatic rings. The third-order valence-corrected chi connectivity index (χ3v) is 5.44. The number of hydrogen-bond donors (Lipinski definition) is 2. The van der Waals surface area contributed by atoms with Gasteiger partial charge in [-0.2, -0.15) is 11.3 Å². The molecule has 7 heteroatoms. The lowest BCUT2D eigenvalue weighted by Crippen LogP contribution is -2.38. The van der Waals surface area contributed by atoms with Gasteiger partial charge < -0.3 is 15.5 Å². The minimum Gasteiger partial charge on any atom is -0.347 e. The van der Waals surface area contributed by atoms with E-state index in [-0.39, 0.29) is 11.8 Å². The van der Waals surface area contributed by atoms with E-state index in [9.17, 15) is 14.4 Å². The molecular formula is C21H25N3O3S. The van der Waals surface area contributed by atoms with Crippen molar-refractivity contribution in [3.8, 4) is 0 Å². The highest BCUT2D eigenvalue weighted by Crippen LogP contribution is 2.31. The molecule has 6 nitrogen and oxygen atoms in total. The van der Waals surface area contributed by atoms with Gasteiger partial charge in [-0.25, -0.2) is 0 Å². The van der Waals surface area contributed by atoms with Gasteiger partial charge in [0.1, 0.15) is 0 Å². The van der Waals surface area contributed by atoms with Gasteiger partial charge in [-0.05, 0) is 59.3 Å². The van der Waals surface area contributed by atoms with Gasteiger partial charge in [-0.3, -0.25) is 14.4 Å². The molecule has 0 bridgehead atoms. The lowest BCUT2D eigenvalue weighted by atomic mass is 9.99. The van der Waals surface area contributed by atoms with Crippen molar-refractivity contribution in [2.24, 2.45) is 5.92 Å². The van der Waals surface area contributed by atoms with Crippen molar-refractivity contribution >= 4 is 40.4 Å². The summed E-state index contributed by atoms with van der Waals surface area (Å²) < 4.78 is 0. The number of anilines is 2. The molecule has 1 aromatic heterocycles. The summed E-state index contributed by atoms with van der Waals surface area (Å²) in [7, 11) is 0. The minimum absolute atomic E-state index is 0.0654. The number of carbonyl (C=O) groups is 3. The molecule has 2 heterocycles. The lowest BCUT2D eigenvalue weighted by molar-refractivity contribution is -0.136. The van der Waals surface area contributed by atoms with Crippen molar-refractivity contribution in [2.45, 2.75) is 33.1 Å². The summed E-state index contributed by atoms with van der Waals surface area (Å²) in [6, 6.07) is 7.47. The highest BCUT2D eigenvalue weighted by Gasteiger charge is 2.25. The first-order valence-corrected chi connectivity index (χ1v) is 10.4. The zero-order valence-electron chi connectivity index (χ0n) is 16.2. The van der Waals surface area contributed by atoms with E-state index in [1.54, 1.807) is 28.4 Å². The minimum atomic E-state index is -0.706. The molecule has 28 heavy (non-hydrogen) atoms. The molecule has 0 saturated heterocycles. The highest BCUT2D eigenvalue weighted by atomic mass is 32.1. The van der Waals surface area contributed by atoms with Crippen molar-refractivity contribution < 1.29 is 14.4 Å². The predicted molar refractivity (Wildman–Crippen MR) is 112 cm³/mol. The third-order valence-electron chi connectivity index (χ3n) is 4.71. The van der Waals surface area contributed by atoms with E-state index in [0.29, 0.717) is 25.2 Å². The molecular weight excluding hydrogens is 374 g/mol. The van der Waals surface area contributed by atoms with E-state index < -0.39 is 11.8 Å². The maximum Gasteiger partial charge on any atom is 0.313 e. The number of amides is 3. The van der Waals surface area contributed by atoms with Crippen LogP contribution in [0.5, 0.6) is 0 Å². The number of carbonyl (C=O) groups excluding carboxylic acids is 3. The molecule has 3 rings (SSSR count). The van der Waals surface area contributed by atoms with E-state index >= 15 is 0 Å². The summed E-state index contributed by atoms with van der Waals surface area (Å²) in [6.45, 7) is 4.83. The second-order valence-electron chi connectivity index (χ2n) is 7.18. The Morgan fingerprint density at radius 1 is 1.18 bits per heavy atom. The quantitative estimate of drug-likeness (QED) is 0.759. The Kier molecular flexibility index (Phi) is 6.46. The first-order chi connectivity index (χ1) is 13.5. The third kappa shape index (κ3) is 4.78. The van der Waals surface area contributed by atoms with Gasteiger partial charge in [0.25, 0.3) is 0 Å². The van der Waals surface area contributed by atoms with Crippen LogP contribution < -0.4 is 15.5 Å². The van der Waals surface area contributed by atoms with Crippen molar-refractivity contribution in [3.05, 3.63) is 46.2 Å². The Labute approximate surface area is 168 Å². The molecule has 0 unspecified atom stereocenters. The summed E-state index contributed by atoms with van der Waals surface area (Å²) in [6.07, 6.45) is 2.51. The second-order valence-corrected chi connectivity index (χ2v) is 7.96. The monoisotopic (exact) mass is 399 g/mol. The smallest absolute Gasteiger partial charge is 0.313 e. The molecule has 2 N–H and O–H groups in total. The maximum atomic E-state index is 12.5. The Morgan fingerprint density at radius 2 is 2.00 bits per heavy atom. The molecule has 0 fully saturated rings. The number of hydrogen-bond acceptors (Lipinski definition) is 4. The average molecular weight is 400 g/mol. The summed E-state index contributed by atoms with van der Waals surface area (Å²) in [5, 5.41) is 9.27. The lowest BCUT2D eigenvalue weighted by Gasteiger charge is -2.31. The van der Waals surface area contributed by atoms with E-state index in [1.165, 1.54) is 0 Å². The van der Waals surface area contributed by atoms with Gasteiger partial charge in [-0.1, -0.05) is 19.9 Å². The molecule has 148 valence electrons. The predicted octanol–water partition coefficient (Wildman–Crippen LogP) is 2.98. The van der Waals surface area contributed by atoms with Crippen molar-refractivity contribution in [1.82, 2.24) is 5.32 Å². The van der Waals surface area contributed by atoms with Crippen molar-refractivity contribution in [1.29, 1.82) is 0 Å². The van der Waals surface area contributed by atoms with Gasteiger partial charge in [0.05, 0.1) is 0 Å². The van der Waals surface area contributed by atoms with E-state index in [1.807, 2.05) is 36.7 Å². The Hall–Kier alpha value is -2.67. The van der Waals surface area contributed by atoms with Gasteiger partial charge in [0, 0.05) is 30.4 Å². The molecule has 0 spiro atoms. The van der Waals surface area contributed by atoms with Crippen LogP contribution >= 0.6 is 11.3 Å². The number of fused-ring (bicyclic) bond motifs is 1. The number of nitrogens with zero attached hydrogens (tertiary/aromatic N) is 1. The summed E-state index contributed by atoms with van der Waals surface area (Å²) in [5.74, 6) is -1.40. The van der Waals surface area contributed by atoms with Crippen LogP contribution in [0, 0.1) is 5.92 Å². The van der Waals surface area contributed by atoms with E-state index in [2.05, 4.69) is 10.6 Å². The largest absolute Gasteiger partial charge is 0.347 e. The number of aryl methyl sites for hydroxylation is 1. The van der Waals surface area contributed by atoms with E-state index in [4.69, 9.17) is 0 Å². The fraction of sp³-hybridized carbons (Fsp3) is 0.381. The SMILES string of the molecule is CC(C)C(=O)N1CCCc2ccc(NC(=O)C(=O)NCCc3ccsc3)cc21. The fourth-order valence-electron chi connectivity index (χ4n) is 3.22. The van der Waals surface area contributed by atoms with Crippen LogP contribution in [0.4, 0.5) is 11.4 Å². The van der Waals surface area contributed by atoms with E-state index in [0.717, 1.165) is 29.7 Å². The molecule has 1 aliphatic rings. The van der Waals surface area contributed by atoms with Crippen LogP contribution in [0.2, 0.25) is 0 Å². The highest BCUT2D eigenvalue weighted by molar-refractivity contribution is 7.07. The number of thiophene rings is 1. The molecule has 0 saturated carbocycles. The van der Waals surface area contributed by atoms with Gasteiger partial charge in [0.2, 0.25) is 5.91 Å². The topological polar surface area (TPSA) is 78.5 Å². The number of rotatable bonds is 5. The maximum absolute atomic E-state index is 12.5. The van der Waals surface area contributed by atoms with Crippen LogP contribution in [-0.4, -0.2) is 30.8 Å². The first-order valence-electron chi connectivity index (χ1n) is 9.50. The van der Waals surface area contributed by atoms with Gasteiger partial charge >= 0.3 is 11.8 Å².